The Labute approximate surface area is 257 Å². The summed E-state index contributed by atoms with van der Waals surface area (Å²) < 4.78 is 33.5. The number of quaternary nitrogens is 1. The SMILES string of the molecule is CCCCCCCCCCCCC(=O)O[C@H](COC(=O)CCCCCCCCCC)COP(=O)([O-])OCC[N+](C)(C)C. The van der Waals surface area contributed by atoms with Crippen molar-refractivity contribution in [3.8, 4) is 0 Å². The Morgan fingerprint density at radius 2 is 1.07 bits per heavy atom. The summed E-state index contributed by atoms with van der Waals surface area (Å²) in [6, 6.07) is 0. The zero-order valence-corrected chi connectivity index (χ0v) is 28.6. The van der Waals surface area contributed by atoms with Gasteiger partial charge in [0.2, 0.25) is 0 Å². The van der Waals surface area contributed by atoms with E-state index in [2.05, 4.69) is 13.8 Å². The van der Waals surface area contributed by atoms with Crippen molar-refractivity contribution in [2.45, 2.75) is 148 Å². The lowest BCUT2D eigenvalue weighted by atomic mass is 10.1. The van der Waals surface area contributed by atoms with Crippen molar-refractivity contribution in [3.63, 3.8) is 0 Å². The molecule has 0 aliphatic heterocycles. The van der Waals surface area contributed by atoms with Crippen molar-refractivity contribution in [3.05, 3.63) is 0 Å². The van der Waals surface area contributed by atoms with E-state index in [0.29, 0.717) is 17.4 Å². The number of ether oxygens (including phenoxy) is 2. The average Bonchev–Trinajstić information content (AvgIpc) is 2.92. The van der Waals surface area contributed by atoms with E-state index in [1.165, 1.54) is 77.0 Å². The first-order valence-corrected chi connectivity index (χ1v) is 18.2. The Bertz CT molecular complexity index is 713. The Balaban J connectivity index is 4.51. The van der Waals surface area contributed by atoms with E-state index in [-0.39, 0.29) is 32.0 Å². The lowest BCUT2D eigenvalue weighted by Gasteiger charge is -2.28. The number of carbonyl (C=O) groups excluding carboxylic acids is 2. The highest BCUT2D eigenvalue weighted by atomic mass is 31.2. The van der Waals surface area contributed by atoms with Crippen LogP contribution in [0.1, 0.15) is 142 Å². The van der Waals surface area contributed by atoms with Crippen molar-refractivity contribution in [1.29, 1.82) is 0 Å². The van der Waals surface area contributed by atoms with Gasteiger partial charge in [0.25, 0.3) is 7.82 Å². The van der Waals surface area contributed by atoms with Gasteiger partial charge in [-0.05, 0) is 12.8 Å². The topological polar surface area (TPSA) is 111 Å². The monoisotopic (exact) mass is 621 g/mol. The van der Waals surface area contributed by atoms with Crippen LogP contribution in [0.25, 0.3) is 0 Å². The zero-order valence-electron chi connectivity index (χ0n) is 27.7. The molecule has 0 aromatic heterocycles. The molecule has 1 unspecified atom stereocenters. The molecule has 9 nitrogen and oxygen atoms in total. The predicted octanol–water partition coefficient (Wildman–Crippen LogP) is 7.49. The van der Waals surface area contributed by atoms with Crippen molar-refractivity contribution < 1.29 is 42.1 Å². The molecule has 0 aliphatic carbocycles. The summed E-state index contributed by atoms with van der Waals surface area (Å²) in [6.07, 6.45) is 20.0. The van der Waals surface area contributed by atoms with E-state index in [0.717, 1.165) is 32.1 Å². The number of phosphoric ester groups is 1. The summed E-state index contributed by atoms with van der Waals surface area (Å²) in [4.78, 5) is 37.0. The third-order valence-corrected chi connectivity index (χ3v) is 8.09. The van der Waals surface area contributed by atoms with Gasteiger partial charge in [-0.1, -0.05) is 117 Å². The maximum atomic E-state index is 12.5. The summed E-state index contributed by atoms with van der Waals surface area (Å²) >= 11 is 0. The number of esters is 2. The third kappa shape index (κ3) is 29.1. The van der Waals surface area contributed by atoms with Crippen LogP contribution in [0.15, 0.2) is 0 Å². The van der Waals surface area contributed by atoms with Gasteiger partial charge in [0.15, 0.2) is 6.10 Å². The number of carbonyl (C=O) groups is 2. The summed E-state index contributed by atoms with van der Waals surface area (Å²) in [7, 11) is 1.17. The highest BCUT2D eigenvalue weighted by Crippen LogP contribution is 2.38. The minimum absolute atomic E-state index is 0.0267. The van der Waals surface area contributed by atoms with E-state index in [1.807, 2.05) is 21.1 Å². The standard InChI is InChI=1S/C32H64NO8P/c1-6-8-10-12-14-16-17-19-21-23-25-32(35)41-30(29-40-42(36,37)39-27-26-33(3,4)5)28-38-31(34)24-22-20-18-15-13-11-9-7-2/h30H,6-29H2,1-5H3/t30-/m1/s1. The summed E-state index contributed by atoms with van der Waals surface area (Å²) in [5.41, 5.74) is 0. The maximum absolute atomic E-state index is 12.5. The molecule has 0 rings (SSSR count). The molecule has 0 N–H and O–H groups in total. The van der Waals surface area contributed by atoms with Gasteiger partial charge in [-0.25, -0.2) is 0 Å². The van der Waals surface area contributed by atoms with Crippen LogP contribution in [0.5, 0.6) is 0 Å². The van der Waals surface area contributed by atoms with Crippen LogP contribution in [0.2, 0.25) is 0 Å². The number of unbranched alkanes of at least 4 members (excludes halogenated alkanes) is 16. The number of nitrogens with zero attached hydrogens (tertiary/aromatic N) is 1. The molecule has 0 amide bonds. The Kier molecular flexibility index (Phi) is 25.8. The predicted molar refractivity (Wildman–Crippen MR) is 167 cm³/mol. The molecule has 0 heterocycles. The molecule has 0 radical (unpaired) electrons. The van der Waals surface area contributed by atoms with Crippen LogP contribution in [-0.2, 0) is 32.7 Å². The molecule has 0 spiro atoms. The van der Waals surface area contributed by atoms with Gasteiger partial charge in [-0.3, -0.25) is 14.2 Å². The molecule has 42 heavy (non-hydrogen) atoms. The summed E-state index contributed by atoms with van der Waals surface area (Å²) in [5, 5.41) is 0. The van der Waals surface area contributed by atoms with Gasteiger partial charge in [-0.15, -0.1) is 0 Å². The van der Waals surface area contributed by atoms with Crippen LogP contribution < -0.4 is 4.89 Å². The van der Waals surface area contributed by atoms with Crippen LogP contribution in [0.4, 0.5) is 0 Å². The van der Waals surface area contributed by atoms with Crippen molar-refractivity contribution >= 4 is 19.8 Å². The Morgan fingerprint density at radius 1 is 0.643 bits per heavy atom. The number of hydrogen-bond acceptors (Lipinski definition) is 8. The fourth-order valence-corrected chi connectivity index (χ4v) is 5.15. The van der Waals surface area contributed by atoms with E-state index < -0.39 is 26.5 Å². The second kappa shape index (κ2) is 26.4. The molecule has 0 saturated carbocycles. The third-order valence-electron chi connectivity index (χ3n) is 7.13. The molecule has 0 aliphatic rings. The largest absolute Gasteiger partial charge is 0.756 e. The van der Waals surface area contributed by atoms with Crippen molar-refractivity contribution in [1.82, 2.24) is 0 Å². The van der Waals surface area contributed by atoms with Gasteiger partial charge >= 0.3 is 11.9 Å². The first-order valence-electron chi connectivity index (χ1n) is 16.7. The molecule has 0 bridgehead atoms. The average molecular weight is 622 g/mol. The number of likely N-dealkylation sites (N-methyl/N-ethyl adjacent to an activating group) is 1. The molecule has 10 heteroatoms. The maximum Gasteiger partial charge on any atom is 0.306 e. The molecule has 0 fully saturated rings. The molecule has 2 atom stereocenters. The second-order valence-electron chi connectivity index (χ2n) is 12.5. The Morgan fingerprint density at radius 3 is 1.52 bits per heavy atom. The van der Waals surface area contributed by atoms with E-state index in [9.17, 15) is 19.0 Å². The first kappa shape index (κ1) is 41.0. The van der Waals surface area contributed by atoms with Gasteiger partial charge in [-0.2, -0.15) is 0 Å². The molecule has 0 saturated heterocycles. The second-order valence-corrected chi connectivity index (χ2v) is 14.0. The van der Waals surface area contributed by atoms with Crippen LogP contribution in [0.3, 0.4) is 0 Å². The van der Waals surface area contributed by atoms with E-state index in [4.69, 9.17) is 18.5 Å². The minimum atomic E-state index is -4.60. The summed E-state index contributed by atoms with van der Waals surface area (Å²) in [5.74, 6) is -0.838. The van der Waals surface area contributed by atoms with Crippen LogP contribution >= 0.6 is 7.82 Å². The lowest BCUT2D eigenvalue weighted by Crippen LogP contribution is -2.37. The fraction of sp³-hybridized carbons (Fsp3) is 0.938. The van der Waals surface area contributed by atoms with Gasteiger partial charge in [0.1, 0.15) is 19.8 Å². The van der Waals surface area contributed by atoms with Gasteiger partial charge < -0.3 is 27.9 Å². The molecule has 250 valence electrons. The minimum Gasteiger partial charge on any atom is -0.756 e. The van der Waals surface area contributed by atoms with E-state index in [1.54, 1.807) is 0 Å². The number of rotatable bonds is 30. The quantitative estimate of drug-likeness (QED) is 0.0351. The van der Waals surface area contributed by atoms with E-state index >= 15 is 0 Å². The first-order chi connectivity index (χ1) is 20.0. The van der Waals surface area contributed by atoms with Crippen molar-refractivity contribution in [2.24, 2.45) is 0 Å². The molecule has 0 aromatic carbocycles. The van der Waals surface area contributed by atoms with Crippen LogP contribution in [-0.4, -0.2) is 70.0 Å². The zero-order chi connectivity index (χ0) is 31.5. The number of phosphoric acid groups is 1. The highest BCUT2D eigenvalue weighted by Gasteiger charge is 2.21. The fourth-order valence-electron chi connectivity index (χ4n) is 4.42. The smallest absolute Gasteiger partial charge is 0.306 e. The molecular formula is C32H64NO8P. The number of hydrogen-bond donors (Lipinski definition) is 0. The van der Waals surface area contributed by atoms with Gasteiger partial charge in [0.05, 0.1) is 27.7 Å². The lowest BCUT2D eigenvalue weighted by molar-refractivity contribution is -0.870. The highest BCUT2D eigenvalue weighted by molar-refractivity contribution is 7.45. The van der Waals surface area contributed by atoms with Gasteiger partial charge in [0, 0.05) is 12.8 Å². The van der Waals surface area contributed by atoms with Crippen molar-refractivity contribution in [2.75, 3.05) is 47.5 Å². The molecular weight excluding hydrogens is 557 g/mol. The normalized spacial score (nSPS) is 14.0. The van der Waals surface area contributed by atoms with Crippen LogP contribution in [0, 0.1) is 0 Å². The summed E-state index contributed by atoms with van der Waals surface area (Å²) in [6.45, 7) is 4.15. The molecule has 0 aromatic rings. The Hall–Kier alpha value is -0.990.